The maximum Gasteiger partial charge on any atom is 0.233 e. The second kappa shape index (κ2) is 8.54. The normalized spacial score (nSPS) is 18.9. The molecular weight excluding hydrogens is 328 g/mol. The van der Waals surface area contributed by atoms with E-state index in [0.29, 0.717) is 0 Å². The second-order valence-corrected chi connectivity index (χ2v) is 8.20. The molecule has 2 aromatic rings. The zero-order chi connectivity index (χ0) is 17.6. The standard InChI is InChI=1S/C21H26N2OS/c1-16-8-10-20(11-9-16)25-17(2)21(24)22-19-12-13-23(15-19)14-18-6-4-3-5-7-18/h3-11,17,19H,12-15H2,1-2H3,(H,22,24)/t17-,19-/m1/s1. The van der Waals surface area contributed by atoms with E-state index in [9.17, 15) is 4.79 Å². The van der Waals surface area contributed by atoms with Crippen molar-refractivity contribution in [3.05, 3.63) is 65.7 Å². The summed E-state index contributed by atoms with van der Waals surface area (Å²) in [6.45, 7) is 6.99. The fourth-order valence-corrected chi connectivity index (χ4v) is 4.01. The molecule has 0 aliphatic carbocycles. The highest BCUT2D eigenvalue weighted by Gasteiger charge is 2.25. The van der Waals surface area contributed by atoms with Crippen molar-refractivity contribution < 1.29 is 4.79 Å². The van der Waals surface area contributed by atoms with Crippen LogP contribution < -0.4 is 5.32 Å². The molecule has 0 saturated carbocycles. The fraction of sp³-hybridized carbons (Fsp3) is 0.381. The second-order valence-electron chi connectivity index (χ2n) is 6.79. The quantitative estimate of drug-likeness (QED) is 0.800. The molecule has 1 fully saturated rings. The Labute approximate surface area is 154 Å². The molecule has 1 aliphatic heterocycles. The van der Waals surface area contributed by atoms with Crippen molar-refractivity contribution in [3.8, 4) is 0 Å². The molecule has 3 rings (SSSR count). The molecule has 1 aliphatic rings. The third-order valence-electron chi connectivity index (χ3n) is 4.57. The highest BCUT2D eigenvalue weighted by molar-refractivity contribution is 8.00. The first-order chi connectivity index (χ1) is 12.1. The van der Waals surface area contributed by atoms with Crippen molar-refractivity contribution in [1.82, 2.24) is 10.2 Å². The number of amides is 1. The Morgan fingerprint density at radius 1 is 1.20 bits per heavy atom. The Morgan fingerprint density at radius 3 is 2.64 bits per heavy atom. The monoisotopic (exact) mass is 354 g/mol. The third kappa shape index (κ3) is 5.35. The number of hydrogen-bond acceptors (Lipinski definition) is 3. The smallest absolute Gasteiger partial charge is 0.233 e. The SMILES string of the molecule is Cc1ccc(S[C@H](C)C(=O)N[C@@H]2CCN(Cc3ccccc3)C2)cc1. The highest BCUT2D eigenvalue weighted by Crippen LogP contribution is 2.24. The van der Waals surface area contributed by atoms with E-state index in [1.807, 2.05) is 13.0 Å². The summed E-state index contributed by atoms with van der Waals surface area (Å²) >= 11 is 1.62. The molecule has 1 heterocycles. The zero-order valence-electron chi connectivity index (χ0n) is 14.9. The lowest BCUT2D eigenvalue weighted by Gasteiger charge is -2.18. The lowest BCUT2D eigenvalue weighted by Crippen LogP contribution is -2.40. The van der Waals surface area contributed by atoms with E-state index in [-0.39, 0.29) is 17.2 Å². The lowest BCUT2D eigenvalue weighted by atomic mass is 10.2. The number of nitrogens with zero attached hydrogens (tertiary/aromatic N) is 1. The van der Waals surface area contributed by atoms with Crippen molar-refractivity contribution in [1.29, 1.82) is 0 Å². The van der Waals surface area contributed by atoms with E-state index < -0.39 is 0 Å². The van der Waals surface area contributed by atoms with Crippen molar-refractivity contribution in [2.75, 3.05) is 13.1 Å². The van der Waals surface area contributed by atoms with Gasteiger partial charge in [-0.3, -0.25) is 9.69 Å². The van der Waals surface area contributed by atoms with Crippen LogP contribution in [0.1, 0.15) is 24.5 Å². The summed E-state index contributed by atoms with van der Waals surface area (Å²) in [4.78, 5) is 16.0. The Bertz CT molecular complexity index is 687. The van der Waals surface area contributed by atoms with Crippen molar-refractivity contribution in [2.45, 2.75) is 43.0 Å². The van der Waals surface area contributed by atoms with Gasteiger partial charge in [-0.05, 0) is 38.0 Å². The van der Waals surface area contributed by atoms with E-state index in [4.69, 9.17) is 0 Å². The number of aryl methyl sites for hydroxylation is 1. The Hall–Kier alpha value is -1.78. The van der Waals surface area contributed by atoms with Crippen LogP contribution in [0.2, 0.25) is 0 Å². The number of carbonyl (C=O) groups is 1. The molecule has 0 unspecified atom stereocenters. The van der Waals surface area contributed by atoms with E-state index in [1.54, 1.807) is 11.8 Å². The maximum atomic E-state index is 12.5. The van der Waals surface area contributed by atoms with Crippen LogP contribution in [0.25, 0.3) is 0 Å². The van der Waals surface area contributed by atoms with Gasteiger partial charge in [-0.1, -0.05) is 48.0 Å². The maximum absolute atomic E-state index is 12.5. The number of carbonyl (C=O) groups excluding carboxylic acids is 1. The zero-order valence-corrected chi connectivity index (χ0v) is 15.8. The van der Waals surface area contributed by atoms with Crippen LogP contribution in [-0.2, 0) is 11.3 Å². The van der Waals surface area contributed by atoms with E-state index in [1.165, 1.54) is 11.1 Å². The molecular formula is C21H26N2OS. The highest BCUT2D eigenvalue weighted by atomic mass is 32.2. The molecule has 1 saturated heterocycles. The van der Waals surface area contributed by atoms with Crippen LogP contribution >= 0.6 is 11.8 Å². The number of likely N-dealkylation sites (tertiary alicyclic amines) is 1. The van der Waals surface area contributed by atoms with Crippen molar-refractivity contribution >= 4 is 17.7 Å². The van der Waals surface area contributed by atoms with Gasteiger partial charge in [0.15, 0.2) is 0 Å². The number of thioether (sulfide) groups is 1. The molecule has 0 aromatic heterocycles. The van der Waals surface area contributed by atoms with Crippen LogP contribution in [0.3, 0.4) is 0 Å². The molecule has 2 aromatic carbocycles. The fourth-order valence-electron chi connectivity index (χ4n) is 3.13. The van der Waals surface area contributed by atoms with Gasteiger partial charge >= 0.3 is 0 Å². The minimum Gasteiger partial charge on any atom is -0.351 e. The van der Waals surface area contributed by atoms with Crippen LogP contribution in [0.5, 0.6) is 0 Å². The number of benzene rings is 2. The van der Waals surface area contributed by atoms with Gasteiger partial charge in [0.2, 0.25) is 5.91 Å². The van der Waals surface area contributed by atoms with Gasteiger partial charge in [0.1, 0.15) is 0 Å². The van der Waals surface area contributed by atoms with Crippen LogP contribution in [0.4, 0.5) is 0 Å². The molecule has 25 heavy (non-hydrogen) atoms. The van der Waals surface area contributed by atoms with Crippen LogP contribution in [0, 0.1) is 6.92 Å². The molecule has 132 valence electrons. The van der Waals surface area contributed by atoms with Crippen LogP contribution in [0.15, 0.2) is 59.5 Å². The van der Waals surface area contributed by atoms with Gasteiger partial charge in [0, 0.05) is 30.6 Å². The van der Waals surface area contributed by atoms with Gasteiger partial charge in [-0.15, -0.1) is 11.8 Å². The summed E-state index contributed by atoms with van der Waals surface area (Å²) < 4.78 is 0. The summed E-state index contributed by atoms with van der Waals surface area (Å²) in [5, 5.41) is 3.15. The Kier molecular flexibility index (Phi) is 6.16. The summed E-state index contributed by atoms with van der Waals surface area (Å²) in [5.74, 6) is 0.136. The summed E-state index contributed by atoms with van der Waals surface area (Å²) in [6.07, 6.45) is 1.03. The van der Waals surface area contributed by atoms with E-state index >= 15 is 0 Å². The average molecular weight is 355 g/mol. The predicted molar refractivity (Wildman–Crippen MR) is 105 cm³/mol. The molecule has 0 bridgehead atoms. The molecule has 1 amide bonds. The summed E-state index contributed by atoms with van der Waals surface area (Å²) in [5.41, 5.74) is 2.57. The molecule has 0 spiro atoms. The van der Waals surface area contributed by atoms with E-state index in [0.717, 1.165) is 31.0 Å². The van der Waals surface area contributed by atoms with E-state index in [2.05, 4.69) is 65.7 Å². The van der Waals surface area contributed by atoms with Gasteiger partial charge in [-0.2, -0.15) is 0 Å². The predicted octanol–water partition coefficient (Wildman–Crippen LogP) is 3.87. The van der Waals surface area contributed by atoms with Gasteiger partial charge in [0.25, 0.3) is 0 Å². The topological polar surface area (TPSA) is 32.3 Å². The Morgan fingerprint density at radius 2 is 1.92 bits per heavy atom. The van der Waals surface area contributed by atoms with Crippen LogP contribution in [-0.4, -0.2) is 35.2 Å². The Balaban J connectivity index is 1.45. The first kappa shape index (κ1) is 18.0. The molecule has 3 nitrogen and oxygen atoms in total. The number of rotatable bonds is 6. The van der Waals surface area contributed by atoms with Gasteiger partial charge in [0.05, 0.1) is 5.25 Å². The number of hydrogen-bond donors (Lipinski definition) is 1. The summed E-state index contributed by atoms with van der Waals surface area (Å²) in [6, 6.07) is 19.1. The van der Waals surface area contributed by atoms with Crippen molar-refractivity contribution in [2.24, 2.45) is 0 Å². The van der Waals surface area contributed by atoms with Gasteiger partial charge < -0.3 is 5.32 Å². The molecule has 4 heteroatoms. The van der Waals surface area contributed by atoms with Crippen molar-refractivity contribution in [3.63, 3.8) is 0 Å². The third-order valence-corrected chi connectivity index (χ3v) is 5.68. The van der Waals surface area contributed by atoms with Gasteiger partial charge in [-0.25, -0.2) is 0 Å². The minimum absolute atomic E-state index is 0.0779. The first-order valence-corrected chi connectivity index (χ1v) is 9.78. The molecule has 2 atom stereocenters. The minimum atomic E-state index is -0.0779. The number of nitrogens with one attached hydrogen (secondary N) is 1. The largest absolute Gasteiger partial charge is 0.351 e. The summed E-state index contributed by atoms with van der Waals surface area (Å²) in [7, 11) is 0. The molecule has 1 N–H and O–H groups in total. The molecule has 0 radical (unpaired) electrons. The average Bonchev–Trinajstić information content (AvgIpc) is 3.04. The lowest BCUT2D eigenvalue weighted by molar-refractivity contribution is -0.120. The first-order valence-electron chi connectivity index (χ1n) is 8.90.